The summed E-state index contributed by atoms with van der Waals surface area (Å²) in [6.07, 6.45) is 2.24. The molecule has 0 amide bonds. The molecule has 0 saturated heterocycles. The average Bonchev–Trinajstić information content (AvgIpc) is 2.51. The van der Waals surface area contributed by atoms with Crippen molar-refractivity contribution in [3.8, 4) is 11.1 Å². The first-order valence-electron chi connectivity index (χ1n) is 7.59. The van der Waals surface area contributed by atoms with E-state index in [0.717, 1.165) is 12.8 Å². The van der Waals surface area contributed by atoms with Gasteiger partial charge in [-0.05, 0) is 48.7 Å². The molecule has 0 atom stereocenters. The second kappa shape index (κ2) is 6.97. The van der Waals surface area contributed by atoms with Crippen LogP contribution >= 0.6 is 12.2 Å². The molecule has 1 aliphatic carbocycles. The summed E-state index contributed by atoms with van der Waals surface area (Å²) in [6.45, 7) is 2.76. The first-order valence-corrected chi connectivity index (χ1v) is 8.00. The molecule has 3 rings (SSSR count). The van der Waals surface area contributed by atoms with E-state index in [2.05, 4.69) is 77.8 Å². The third-order valence-electron chi connectivity index (χ3n) is 4.13. The highest BCUT2D eigenvalue weighted by molar-refractivity contribution is 7.78. The maximum Gasteiger partial charge on any atom is 0.0720 e. The van der Waals surface area contributed by atoms with Gasteiger partial charge in [-0.3, -0.25) is 0 Å². The van der Waals surface area contributed by atoms with Crippen LogP contribution in [0.15, 0.2) is 53.5 Å². The number of hydrogen-bond acceptors (Lipinski definition) is 3. The number of rotatable bonds is 5. The molecule has 0 unspecified atom stereocenters. The van der Waals surface area contributed by atoms with Gasteiger partial charge < -0.3 is 4.74 Å². The van der Waals surface area contributed by atoms with Gasteiger partial charge in [-0.2, -0.15) is 0 Å². The van der Waals surface area contributed by atoms with Crippen molar-refractivity contribution in [2.45, 2.75) is 38.5 Å². The summed E-state index contributed by atoms with van der Waals surface area (Å²) in [7, 11) is 0. The first-order chi connectivity index (χ1) is 10.7. The van der Waals surface area contributed by atoms with Crippen LogP contribution in [-0.2, 0) is 11.3 Å². The fourth-order valence-corrected chi connectivity index (χ4v) is 2.76. The summed E-state index contributed by atoms with van der Waals surface area (Å²) in [4.78, 5) is 4.07. The van der Waals surface area contributed by atoms with Crippen LogP contribution in [-0.4, -0.2) is 17.3 Å². The van der Waals surface area contributed by atoms with E-state index in [0.29, 0.717) is 18.8 Å². The molecular weight excluding hydrogens is 290 g/mol. The van der Waals surface area contributed by atoms with E-state index in [1.807, 2.05) is 0 Å². The lowest BCUT2D eigenvalue weighted by atomic mass is 9.90. The van der Waals surface area contributed by atoms with Gasteiger partial charge in [0.1, 0.15) is 0 Å². The molecule has 0 bridgehead atoms. The number of hydrogen-bond donors (Lipinski definition) is 0. The summed E-state index contributed by atoms with van der Waals surface area (Å²) in [5.74, 6) is 0. The lowest BCUT2D eigenvalue weighted by Gasteiger charge is -2.31. The molecule has 2 nitrogen and oxygen atoms in total. The summed E-state index contributed by atoms with van der Waals surface area (Å²) >= 11 is 4.61. The fourth-order valence-electron chi connectivity index (χ4n) is 2.61. The largest absolute Gasteiger partial charge is 0.373 e. The van der Waals surface area contributed by atoms with E-state index in [9.17, 15) is 0 Å². The molecule has 1 aliphatic rings. The number of isothiocyanates is 1. The van der Waals surface area contributed by atoms with Crippen molar-refractivity contribution in [3.63, 3.8) is 0 Å². The normalized spacial score (nSPS) is 20.0. The molecule has 0 aliphatic heterocycles. The molecule has 1 fully saturated rings. The van der Waals surface area contributed by atoms with Crippen molar-refractivity contribution in [1.29, 1.82) is 0 Å². The van der Waals surface area contributed by atoms with Gasteiger partial charge in [0.05, 0.1) is 23.9 Å². The number of aryl methyl sites for hydroxylation is 1. The van der Waals surface area contributed by atoms with Gasteiger partial charge in [0.25, 0.3) is 0 Å². The first kappa shape index (κ1) is 15.1. The lowest BCUT2D eigenvalue weighted by molar-refractivity contribution is -0.0182. The lowest BCUT2D eigenvalue weighted by Crippen LogP contribution is -2.34. The Morgan fingerprint density at radius 2 is 1.64 bits per heavy atom. The second-order valence-corrected chi connectivity index (χ2v) is 6.02. The Kier molecular flexibility index (Phi) is 4.79. The molecule has 1 saturated carbocycles. The molecule has 0 radical (unpaired) electrons. The molecular formula is C19H19NOS. The molecule has 3 heteroatoms. The number of ether oxygens (including phenoxy) is 1. The highest BCUT2D eigenvalue weighted by Gasteiger charge is 2.29. The van der Waals surface area contributed by atoms with E-state index in [4.69, 9.17) is 4.74 Å². The minimum atomic E-state index is 0.314. The molecule has 2 aromatic rings. The van der Waals surface area contributed by atoms with E-state index in [1.165, 1.54) is 22.3 Å². The van der Waals surface area contributed by atoms with E-state index in [-0.39, 0.29) is 0 Å². The van der Waals surface area contributed by atoms with Crippen molar-refractivity contribution >= 4 is 17.4 Å². The third kappa shape index (κ3) is 3.69. The van der Waals surface area contributed by atoms with Gasteiger partial charge in [-0.15, -0.1) is 0 Å². The van der Waals surface area contributed by atoms with Crippen LogP contribution in [0.5, 0.6) is 0 Å². The molecule has 0 N–H and O–H groups in total. The molecule has 2 aromatic carbocycles. The Labute approximate surface area is 136 Å². The quantitative estimate of drug-likeness (QED) is 0.584. The second-order valence-electron chi connectivity index (χ2n) is 5.84. The van der Waals surface area contributed by atoms with E-state index >= 15 is 0 Å². The molecule has 0 aromatic heterocycles. The van der Waals surface area contributed by atoms with Gasteiger partial charge in [0, 0.05) is 0 Å². The van der Waals surface area contributed by atoms with Crippen molar-refractivity contribution in [3.05, 3.63) is 59.7 Å². The molecule has 22 heavy (non-hydrogen) atoms. The van der Waals surface area contributed by atoms with Crippen LogP contribution < -0.4 is 0 Å². The molecule has 112 valence electrons. The Morgan fingerprint density at radius 1 is 1.05 bits per heavy atom. The van der Waals surface area contributed by atoms with Crippen molar-refractivity contribution in [2.75, 3.05) is 0 Å². The SMILES string of the molecule is Cc1ccc(-c2ccc(CO[C@H]3C[C@H](N=C=S)C3)cc2)cc1. The maximum atomic E-state index is 5.88. The summed E-state index contributed by atoms with van der Waals surface area (Å²) in [6, 6.07) is 17.5. The van der Waals surface area contributed by atoms with E-state index < -0.39 is 0 Å². The molecule has 0 heterocycles. The average molecular weight is 309 g/mol. The van der Waals surface area contributed by atoms with Crippen LogP contribution in [0.1, 0.15) is 24.0 Å². The topological polar surface area (TPSA) is 21.6 Å². The Bertz CT molecular complexity index is 666. The maximum absolute atomic E-state index is 5.88. The predicted octanol–water partition coefficient (Wildman–Crippen LogP) is 4.81. The van der Waals surface area contributed by atoms with Crippen LogP contribution in [0, 0.1) is 6.92 Å². The minimum Gasteiger partial charge on any atom is -0.373 e. The number of nitrogens with zero attached hydrogens (tertiary/aromatic N) is 1. The van der Waals surface area contributed by atoms with E-state index in [1.54, 1.807) is 0 Å². The van der Waals surface area contributed by atoms with Gasteiger partial charge in [-0.1, -0.05) is 54.1 Å². The Balaban J connectivity index is 1.54. The van der Waals surface area contributed by atoms with Crippen LogP contribution in [0.2, 0.25) is 0 Å². The number of aliphatic imine (C=N–C) groups is 1. The number of benzene rings is 2. The highest BCUT2D eigenvalue weighted by Crippen LogP contribution is 2.27. The standard InChI is InChI=1S/C19H19NOS/c1-14-2-6-16(7-3-14)17-8-4-15(5-9-17)12-21-19-10-18(11-19)20-13-22/h2-9,18-19H,10-12H2,1H3/t18-,19-. The highest BCUT2D eigenvalue weighted by atomic mass is 32.1. The molecule has 0 spiro atoms. The minimum absolute atomic E-state index is 0.314. The summed E-state index contributed by atoms with van der Waals surface area (Å²) in [5.41, 5.74) is 4.98. The van der Waals surface area contributed by atoms with Crippen molar-refractivity contribution in [1.82, 2.24) is 0 Å². The zero-order valence-electron chi connectivity index (χ0n) is 12.7. The Morgan fingerprint density at radius 3 is 2.23 bits per heavy atom. The van der Waals surface area contributed by atoms with Crippen molar-refractivity contribution in [2.24, 2.45) is 4.99 Å². The van der Waals surface area contributed by atoms with Crippen LogP contribution in [0.4, 0.5) is 0 Å². The van der Waals surface area contributed by atoms with Gasteiger partial charge in [0.2, 0.25) is 0 Å². The summed E-state index contributed by atoms with van der Waals surface area (Å²) in [5, 5.41) is 2.44. The predicted molar refractivity (Wildman–Crippen MR) is 93.2 cm³/mol. The summed E-state index contributed by atoms with van der Waals surface area (Å²) < 4.78 is 5.88. The zero-order chi connectivity index (χ0) is 15.4. The van der Waals surface area contributed by atoms with Gasteiger partial charge in [-0.25, -0.2) is 4.99 Å². The van der Waals surface area contributed by atoms with Gasteiger partial charge >= 0.3 is 0 Å². The van der Waals surface area contributed by atoms with Crippen LogP contribution in [0.25, 0.3) is 11.1 Å². The zero-order valence-corrected chi connectivity index (χ0v) is 13.5. The van der Waals surface area contributed by atoms with Crippen LogP contribution in [0.3, 0.4) is 0 Å². The third-order valence-corrected chi connectivity index (χ3v) is 4.24. The monoisotopic (exact) mass is 309 g/mol. The van der Waals surface area contributed by atoms with Gasteiger partial charge in [0.15, 0.2) is 0 Å². The number of thiocarbonyl (C=S) groups is 1. The Hall–Kier alpha value is -1.80. The fraction of sp³-hybridized carbons (Fsp3) is 0.316. The van der Waals surface area contributed by atoms with Crippen molar-refractivity contribution < 1.29 is 4.74 Å². The smallest absolute Gasteiger partial charge is 0.0720 e.